The molecule has 0 amide bonds. The summed E-state index contributed by atoms with van der Waals surface area (Å²) in [5.41, 5.74) is 1.17. The monoisotopic (exact) mass is 376 g/mol. The Labute approximate surface area is 156 Å². The largest absolute Gasteiger partial charge is 0.490 e. The number of ether oxygens (including phenoxy) is 1. The number of carbonyl (C=O) groups excluding carboxylic acids is 1. The predicted molar refractivity (Wildman–Crippen MR) is 102 cm³/mol. The minimum Gasteiger partial charge on any atom is -0.490 e. The van der Waals surface area contributed by atoms with Crippen LogP contribution in [0, 0.1) is 0 Å². The van der Waals surface area contributed by atoms with Crippen molar-refractivity contribution in [2.24, 2.45) is 0 Å². The van der Waals surface area contributed by atoms with Crippen LogP contribution in [-0.2, 0) is 0 Å². The molecule has 0 bridgehead atoms. The SMILES string of the molecule is CN(C)CCOc1cn(C(=O)c2ccccc2)c2c(Cl)cc(Cl)cc12. The average molecular weight is 377 g/mol. The maximum absolute atomic E-state index is 12.9. The van der Waals surface area contributed by atoms with Gasteiger partial charge in [-0.1, -0.05) is 41.4 Å². The highest BCUT2D eigenvalue weighted by Gasteiger charge is 2.19. The highest BCUT2D eigenvalue weighted by Crippen LogP contribution is 2.36. The van der Waals surface area contributed by atoms with Crippen LogP contribution in [0.15, 0.2) is 48.7 Å². The molecule has 3 aromatic rings. The standard InChI is InChI=1S/C19H18Cl2N2O2/c1-22(2)8-9-25-17-12-23(19(24)13-6-4-3-5-7-13)18-15(17)10-14(20)11-16(18)21/h3-7,10-12H,8-9H2,1-2H3. The van der Waals surface area contributed by atoms with E-state index in [1.807, 2.05) is 37.2 Å². The van der Waals surface area contributed by atoms with E-state index in [-0.39, 0.29) is 5.91 Å². The fourth-order valence-corrected chi connectivity index (χ4v) is 3.17. The van der Waals surface area contributed by atoms with E-state index in [0.717, 1.165) is 11.9 Å². The van der Waals surface area contributed by atoms with Gasteiger partial charge in [0.2, 0.25) is 0 Å². The van der Waals surface area contributed by atoms with Crippen molar-refractivity contribution in [3.8, 4) is 5.75 Å². The molecule has 6 heteroatoms. The van der Waals surface area contributed by atoms with E-state index in [4.69, 9.17) is 27.9 Å². The number of nitrogens with zero attached hydrogens (tertiary/aromatic N) is 2. The molecule has 130 valence electrons. The number of fused-ring (bicyclic) bond motifs is 1. The number of carbonyl (C=O) groups is 1. The van der Waals surface area contributed by atoms with Crippen LogP contribution in [0.3, 0.4) is 0 Å². The summed E-state index contributed by atoms with van der Waals surface area (Å²) in [6.45, 7) is 1.25. The lowest BCUT2D eigenvalue weighted by Crippen LogP contribution is -2.19. The Hall–Kier alpha value is -2.01. The molecule has 2 aromatic carbocycles. The van der Waals surface area contributed by atoms with Gasteiger partial charge in [-0.25, -0.2) is 0 Å². The van der Waals surface area contributed by atoms with Crippen LogP contribution in [0.1, 0.15) is 10.4 Å². The fraction of sp³-hybridized carbons (Fsp3) is 0.211. The number of hydrogen-bond acceptors (Lipinski definition) is 3. The summed E-state index contributed by atoms with van der Waals surface area (Å²) in [5, 5.41) is 1.63. The summed E-state index contributed by atoms with van der Waals surface area (Å²) in [6.07, 6.45) is 1.68. The quantitative estimate of drug-likeness (QED) is 0.653. The van der Waals surface area contributed by atoms with Crippen molar-refractivity contribution >= 4 is 40.0 Å². The van der Waals surface area contributed by atoms with Crippen LogP contribution in [-0.4, -0.2) is 42.6 Å². The van der Waals surface area contributed by atoms with Crippen LogP contribution in [0.4, 0.5) is 0 Å². The van der Waals surface area contributed by atoms with Crippen molar-refractivity contribution in [3.63, 3.8) is 0 Å². The van der Waals surface area contributed by atoms with Gasteiger partial charge in [0.1, 0.15) is 12.4 Å². The third-order valence-corrected chi connectivity index (χ3v) is 4.32. The number of rotatable bonds is 5. The second-order valence-electron chi connectivity index (χ2n) is 5.97. The van der Waals surface area contributed by atoms with Crippen molar-refractivity contribution in [3.05, 3.63) is 64.3 Å². The van der Waals surface area contributed by atoms with Crippen molar-refractivity contribution in [1.29, 1.82) is 0 Å². The van der Waals surface area contributed by atoms with Crippen LogP contribution in [0.5, 0.6) is 5.75 Å². The molecule has 0 atom stereocenters. The molecule has 0 unspecified atom stereocenters. The van der Waals surface area contributed by atoms with Gasteiger partial charge in [-0.3, -0.25) is 9.36 Å². The number of hydrogen-bond donors (Lipinski definition) is 0. The van der Waals surface area contributed by atoms with E-state index in [2.05, 4.69) is 0 Å². The Morgan fingerprint density at radius 3 is 2.56 bits per heavy atom. The van der Waals surface area contributed by atoms with Gasteiger partial charge in [0.15, 0.2) is 0 Å². The molecule has 0 spiro atoms. The van der Waals surface area contributed by atoms with Crippen molar-refractivity contribution in [2.75, 3.05) is 27.2 Å². The first-order valence-corrected chi connectivity index (χ1v) is 8.60. The van der Waals surface area contributed by atoms with E-state index in [1.54, 1.807) is 30.5 Å². The molecule has 25 heavy (non-hydrogen) atoms. The van der Waals surface area contributed by atoms with Crippen LogP contribution >= 0.6 is 23.2 Å². The summed E-state index contributed by atoms with van der Waals surface area (Å²) in [7, 11) is 3.94. The Morgan fingerprint density at radius 1 is 1.16 bits per heavy atom. The second kappa shape index (κ2) is 7.48. The average Bonchev–Trinajstić information content (AvgIpc) is 2.93. The molecule has 0 fully saturated rings. The first-order valence-electron chi connectivity index (χ1n) is 7.85. The molecule has 0 radical (unpaired) electrons. The number of aromatic nitrogens is 1. The van der Waals surface area contributed by atoms with Crippen molar-refractivity contribution < 1.29 is 9.53 Å². The summed E-state index contributed by atoms with van der Waals surface area (Å²) in [4.78, 5) is 14.9. The first kappa shape index (κ1) is 17.8. The van der Waals surface area contributed by atoms with E-state index < -0.39 is 0 Å². The molecule has 0 aliphatic rings. The Bertz CT molecular complexity index is 905. The normalized spacial score (nSPS) is 11.2. The van der Waals surface area contributed by atoms with Gasteiger partial charge in [0.25, 0.3) is 5.91 Å². The Kier molecular flexibility index (Phi) is 5.33. The van der Waals surface area contributed by atoms with E-state index in [9.17, 15) is 4.79 Å². The van der Waals surface area contributed by atoms with E-state index in [1.165, 1.54) is 4.57 Å². The summed E-state index contributed by atoms with van der Waals surface area (Å²) in [5.74, 6) is 0.419. The van der Waals surface area contributed by atoms with Gasteiger partial charge in [0.05, 0.1) is 16.7 Å². The molecule has 0 saturated heterocycles. The van der Waals surface area contributed by atoms with Crippen molar-refractivity contribution in [1.82, 2.24) is 9.47 Å². The summed E-state index contributed by atoms with van der Waals surface area (Å²) < 4.78 is 7.40. The molecule has 0 saturated carbocycles. The van der Waals surface area contributed by atoms with E-state index >= 15 is 0 Å². The Balaban J connectivity index is 2.07. The second-order valence-corrected chi connectivity index (χ2v) is 6.81. The zero-order valence-corrected chi connectivity index (χ0v) is 15.5. The van der Waals surface area contributed by atoms with Gasteiger partial charge in [-0.2, -0.15) is 0 Å². The number of benzene rings is 2. The third kappa shape index (κ3) is 3.82. The van der Waals surface area contributed by atoms with Crippen LogP contribution in [0.2, 0.25) is 10.0 Å². The van der Waals surface area contributed by atoms with Gasteiger partial charge >= 0.3 is 0 Å². The number of likely N-dealkylation sites (N-methyl/N-ethyl adjacent to an activating group) is 1. The zero-order valence-electron chi connectivity index (χ0n) is 14.0. The lowest BCUT2D eigenvalue weighted by Gasteiger charge is -2.10. The summed E-state index contributed by atoms with van der Waals surface area (Å²) >= 11 is 12.5. The zero-order chi connectivity index (χ0) is 18.0. The predicted octanol–water partition coefficient (Wildman–Crippen LogP) is 4.58. The third-order valence-electron chi connectivity index (χ3n) is 3.82. The lowest BCUT2D eigenvalue weighted by atomic mass is 10.2. The molecule has 1 aromatic heterocycles. The highest BCUT2D eigenvalue weighted by molar-refractivity contribution is 6.39. The molecule has 1 heterocycles. The highest BCUT2D eigenvalue weighted by atomic mass is 35.5. The number of halogens is 2. The van der Waals surface area contributed by atoms with Gasteiger partial charge in [-0.05, 0) is 38.4 Å². The maximum Gasteiger partial charge on any atom is 0.262 e. The Morgan fingerprint density at radius 2 is 1.88 bits per heavy atom. The van der Waals surface area contributed by atoms with Gasteiger partial charge in [-0.15, -0.1) is 0 Å². The topological polar surface area (TPSA) is 34.5 Å². The smallest absolute Gasteiger partial charge is 0.262 e. The molecule has 0 N–H and O–H groups in total. The molecular weight excluding hydrogens is 359 g/mol. The van der Waals surface area contributed by atoms with Crippen LogP contribution in [0.25, 0.3) is 10.9 Å². The first-order chi connectivity index (χ1) is 12.0. The van der Waals surface area contributed by atoms with Crippen molar-refractivity contribution in [2.45, 2.75) is 0 Å². The van der Waals surface area contributed by atoms with E-state index in [0.29, 0.717) is 33.5 Å². The molecule has 4 nitrogen and oxygen atoms in total. The molecule has 0 aliphatic carbocycles. The maximum atomic E-state index is 12.9. The lowest BCUT2D eigenvalue weighted by molar-refractivity contribution is 0.0964. The minimum absolute atomic E-state index is 0.169. The molecule has 0 aliphatic heterocycles. The molecular formula is C19H18Cl2N2O2. The molecule has 3 rings (SSSR count). The summed E-state index contributed by atoms with van der Waals surface area (Å²) in [6, 6.07) is 12.5. The fourth-order valence-electron chi connectivity index (χ4n) is 2.58. The van der Waals surface area contributed by atoms with Gasteiger partial charge in [0, 0.05) is 22.5 Å². The van der Waals surface area contributed by atoms with Crippen LogP contribution < -0.4 is 4.74 Å². The van der Waals surface area contributed by atoms with Gasteiger partial charge < -0.3 is 9.64 Å². The minimum atomic E-state index is -0.169.